The quantitative estimate of drug-likeness (QED) is 0.357. The molecule has 0 bridgehead atoms. The van der Waals surface area contributed by atoms with E-state index in [-0.39, 0.29) is 28.8 Å². The van der Waals surface area contributed by atoms with Crippen molar-refractivity contribution in [2.24, 2.45) is 7.05 Å². The Labute approximate surface area is 175 Å². The van der Waals surface area contributed by atoms with Gasteiger partial charge in [0, 0.05) is 19.2 Å². The number of amides is 1. The topological polar surface area (TPSA) is 112 Å². The predicted molar refractivity (Wildman–Crippen MR) is 110 cm³/mol. The van der Waals surface area contributed by atoms with Gasteiger partial charge in [-0.3, -0.25) is 20.2 Å². The molecule has 0 spiro atoms. The second-order valence-electron chi connectivity index (χ2n) is 6.36. The number of furan rings is 1. The molecule has 0 fully saturated rings. The summed E-state index contributed by atoms with van der Waals surface area (Å²) in [4.78, 5) is 27.1. The lowest BCUT2D eigenvalue weighted by Crippen LogP contribution is -2.14. The molecule has 2 aromatic heterocycles. The number of hydrogen-bond acceptors (Lipinski definition) is 6. The molecule has 9 nitrogen and oxygen atoms in total. The molecule has 2 heterocycles. The third kappa shape index (κ3) is 3.83. The van der Waals surface area contributed by atoms with Crippen molar-refractivity contribution >= 4 is 40.2 Å². The number of carbonyl (C=O) groups excluding carboxylic acids is 1. The average Bonchev–Trinajstić information content (AvgIpc) is 3.32. The van der Waals surface area contributed by atoms with Crippen LogP contribution in [0.5, 0.6) is 5.75 Å². The molecule has 0 aliphatic carbocycles. The van der Waals surface area contributed by atoms with Gasteiger partial charge in [-0.2, -0.15) is 0 Å². The van der Waals surface area contributed by atoms with Crippen LogP contribution in [0, 0.1) is 10.1 Å². The fraction of sp³-hybridized carbons (Fsp3) is 0.100. The van der Waals surface area contributed by atoms with Crippen molar-refractivity contribution in [1.82, 2.24) is 9.55 Å². The van der Waals surface area contributed by atoms with E-state index in [0.717, 1.165) is 11.0 Å². The van der Waals surface area contributed by atoms with E-state index in [2.05, 4.69) is 10.3 Å². The monoisotopic (exact) mass is 426 g/mol. The lowest BCUT2D eigenvalue weighted by atomic mass is 10.3. The first-order chi connectivity index (χ1) is 14.4. The van der Waals surface area contributed by atoms with Crippen molar-refractivity contribution < 1.29 is 18.9 Å². The summed E-state index contributed by atoms with van der Waals surface area (Å²) in [6, 6.07) is 14.6. The van der Waals surface area contributed by atoms with Crippen LogP contribution in [-0.2, 0) is 13.7 Å². The molecule has 0 unspecified atom stereocenters. The van der Waals surface area contributed by atoms with Crippen LogP contribution in [-0.4, -0.2) is 20.4 Å². The van der Waals surface area contributed by atoms with Crippen molar-refractivity contribution in [3.05, 3.63) is 81.3 Å². The molecule has 1 N–H and O–H groups in total. The number of nitro groups is 1. The van der Waals surface area contributed by atoms with Gasteiger partial charge in [0.05, 0.1) is 21.0 Å². The highest BCUT2D eigenvalue weighted by molar-refractivity contribution is 6.32. The molecule has 0 atom stereocenters. The van der Waals surface area contributed by atoms with Gasteiger partial charge in [-0.15, -0.1) is 0 Å². The van der Waals surface area contributed by atoms with Crippen LogP contribution in [0.4, 0.5) is 11.6 Å². The Morgan fingerprint density at radius 3 is 2.80 bits per heavy atom. The molecule has 30 heavy (non-hydrogen) atoms. The van der Waals surface area contributed by atoms with Crippen LogP contribution >= 0.6 is 11.6 Å². The third-order valence-corrected chi connectivity index (χ3v) is 4.69. The van der Waals surface area contributed by atoms with E-state index in [9.17, 15) is 14.9 Å². The van der Waals surface area contributed by atoms with Crippen molar-refractivity contribution in [2.45, 2.75) is 6.61 Å². The van der Waals surface area contributed by atoms with E-state index >= 15 is 0 Å². The van der Waals surface area contributed by atoms with E-state index in [1.807, 2.05) is 24.3 Å². The van der Waals surface area contributed by atoms with E-state index in [0.29, 0.717) is 11.7 Å². The zero-order chi connectivity index (χ0) is 21.3. The van der Waals surface area contributed by atoms with Gasteiger partial charge in [0.1, 0.15) is 18.1 Å². The predicted octanol–water partition coefficient (Wildman–Crippen LogP) is 4.56. The number of ether oxygens (including phenoxy) is 1. The van der Waals surface area contributed by atoms with Gasteiger partial charge < -0.3 is 13.7 Å². The highest BCUT2D eigenvalue weighted by Gasteiger charge is 2.16. The number of nitrogens with zero attached hydrogens (tertiary/aromatic N) is 3. The van der Waals surface area contributed by atoms with Crippen LogP contribution in [0.15, 0.2) is 59.0 Å². The summed E-state index contributed by atoms with van der Waals surface area (Å²) in [7, 11) is 1.81. The maximum atomic E-state index is 12.5. The minimum absolute atomic E-state index is 0.00288. The second-order valence-corrected chi connectivity index (χ2v) is 6.77. The van der Waals surface area contributed by atoms with Gasteiger partial charge in [0.2, 0.25) is 5.95 Å². The molecule has 0 radical (unpaired) electrons. The fourth-order valence-corrected chi connectivity index (χ4v) is 3.10. The Morgan fingerprint density at radius 1 is 1.27 bits per heavy atom. The normalized spacial score (nSPS) is 10.9. The SMILES string of the molecule is Cn1c(NC(=O)c2ccc(COc3ccc([N+](=O)[O-])cc3Cl)o2)nc2ccccc21. The van der Waals surface area contributed by atoms with Gasteiger partial charge in [0.15, 0.2) is 5.76 Å². The molecule has 0 aliphatic rings. The summed E-state index contributed by atoms with van der Waals surface area (Å²) in [5.74, 6) is 0.695. The number of halogens is 1. The Balaban J connectivity index is 1.43. The summed E-state index contributed by atoms with van der Waals surface area (Å²) < 4.78 is 12.8. The van der Waals surface area contributed by atoms with Gasteiger partial charge >= 0.3 is 0 Å². The van der Waals surface area contributed by atoms with E-state index in [1.165, 1.54) is 24.3 Å². The van der Waals surface area contributed by atoms with Crippen molar-refractivity contribution in [3.8, 4) is 5.75 Å². The number of hydrogen-bond donors (Lipinski definition) is 1. The number of carbonyl (C=O) groups is 1. The van der Waals surface area contributed by atoms with E-state index in [4.69, 9.17) is 20.8 Å². The van der Waals surface area contributed by atoms with Crippen LogP contribution in [0.2, 0.25) is 5.02 Å². The zero-order valence-electron chi connectivity index (χ0n) is 15.7. The first-order valence-electron chi connectivity index (χ1n) is 8.80. The minimum Gasteiger partial charge on any atom is -0.484 e. The molecule has 10 heteroatoms. The number of aromatic nitrogens is 2. The second kappa shape index (κ2) is 7.88. The number of imidazole rings is 1. The molecule has 0 aliphatic heterocycles. The highest BCUT2D eigenvalue weighted by Crippen LogP contribution is 2.29. The summed E-state index contributed by atoms with van der Waals surface area (Å²) in [6.07, 6.45) is 0. The minimum atomic E-state index is -0.544. The summed E-state index contributed by atoms with van der Waals surface area (Å²) in [6.45, 7) is -0.00288. The number of nitro benzene ring substituents is 1. The van der Waals surface area contributed by atoms with Gasteiger partial charge in [-0.25, -0.2) is 4.98 Å². The Hall–Kier alpha value is -3.85. The number of benzene rings is 2. The zero-order valence-corrected chi connectivity index (χ0v) is 16.4. The molecule has 1 amide bonds. The first-order valence-corrected chi connectivity index (χ1v) is 9.18. The molecule has 4 rings (SSSR count). The van der Waals surface area contributed by atoms with E-state index < -0.39 is 10.8 Å². The molecule has 0 saturated carbocycles. The molecular weight excluding hydrogens is 412 g/mol. The maximum Gasteiger partial charge on any atom is 0.293 e. The molecular formula is C20H15ClN4O5. The smallest absolute Gasteiger partial charge is 0.293 e. The van der Waals surface area contributed by atoms with Gasteiger partial charge in [-0.05, 0) is 30.3 Å². The summed E-state index contributed by atoms with van der Waals surface area (Å²) in [5.41, 5.74) is 1.52. The lowest BCUT2D eigenvalue weighted by molar-refractivity contribution is -0.384. The van der Waals surface area contributed by atoms with Crippen LogP contribution in [0.3, 0.4) is 0 Å². The lowest BCUT2D eigenvalue weighted by Gasteiger charge is -2.06. The Morgan fingerprint density at radius 2 is 2.07 bits per heavy atom. The van der Waals surface area contributed by atoms with Crippen LogP contribution in [0.25, 0.3) is 11.0 Å². The number of rotatable bonds is 6. The molecule has 2 aromatic carbocycles. The first kappa shape index (κ1) is 19.5. The average molecular weight is 427 g/mol. The third-order valence-electron chi connectivity index (χ3n) is 4.39. The Bertz CT molecular complexity index is 1260. The van der Waals surface area contributed by atoms with Gasteiger partial charge in [-0.1, -0.05) is 23.7 Å². The van der Waals surface area contributed by atoms with Crippen LogP contribution in [0.1, 0.15) is 16.3 Å². The fourth-order valence-electron chi connectivity index (χ4n) is 2.87. The summed E-state index contributed by atoms with van der Waals surface area (Å²) in [5, 5.41) is 13.6. The largest absolute Gasteiger partial charge is 0.484 e. The van der Waals surface area contributed by atoms with Crippen molar-refractivity contribution in [3.63, 3.8) is 0 Å². The summed E-state index contributed by atoms with van der Waals surface area (Å²) >= 11 is 6.00. The molecule has 152 valence electrons. The van der Waals surface area contributed by atoms with Gasteiger partial charge in [0.25, 0.3) is 11.6 Å². The standard InChI is InChI=1S/C20H15ClN4O5/c1-24-16-5-3-2-4-15(16)22-20(24)23-19(26)18-9-7-13(30-18)11-29-17-8-6-12(25(27)28)10-14(17)21/h2-10H,11H2,1H3,(H,22,23,26). The maximum absolute atomic E-state index is 12.5. The number of aryl methyl sites for hydroxylation is 1. The number of anilines is 1. The molecule has 0 saturated heterocycles. The van der Waals surface area contributed by atoms with E-state index in [1.54, 1.807) is 17.7 Å². The Kier molecular flexibility index (Phi) is 5.11. The highest BCUT2D eigenvalue weighted by atomic mass is 35.5. The van der Waals surface area contributed by atoms with Crippen molar-refractivity contribution in [1.29, 1.82) is 0 Å². The number of non-ortho nitro benzene ring substituents is 1. The number of fused-ring (bicyclic) bond motifs is 1. The van der Waals surface area contributed by atoms with Crippen molar-refractivity contribution in [2.75, 3.05) is 5.32 Å². The molecule has 4 aromatic rings. The number of nitrogens with one attached hydrogen (secondary N) is 1. The number of para-hydroxylation sites is 2. The van der Waals surface area contributed by atoms with Crippen LogP contribution < -0.4 is 10.1 Å².